The highest BCUT2D eigenvalue weighted by Crippen LogP contribution is 2.25. The molecule has 0 unspecified atom stereocenters. The van der Waals surface area contributed by atoms with Crippen LogP contribution in [0.4, 0.5) is 9.52 Å². The highest BCUT2D eigenvalue weighted by atomic mass is 32.1. The van der Waals surface area contributed by atoms with Crippen molar-refractivity contribution in [2.24, 2.45) is 0 Å². The Hall–Kier alpha value is -3.06. The highest BCUT2D eigenvalue weighted by molar-refractivity contribution is 7.14. The number of halogens is 1. The molecule has 1 N–H and O–H groups in total. The number of aromatic nitrogens is 1. The van der Waals surface area contributed by atoms with E-state index in [1.807, 2.05) is 29.6 Å². The molecular formula is C20H17FN2O3S. The first-order valence-electron chi connectivity index (χ1n) is 8.33. The lowest BCUT2D eigenvalue weighted by atomic mass is 10.1. The zero-order valence-electron chi connectivity index (χ0n) is 14.6. The molecule has 0 saturated heterocycles. The van der Waals surface area contributed by atoms with Crippen molar-refractivity contribution in [2.45, 2.75) is 13.3 Å². The number of amides is 1. The highest BCUT2D eigenvalue weighted by Gasteiger charge is 2.15. The van der Waals surface area contributed by atoms with Gasteiger partial charge in [0.25, 0.3) is 5.91 Å². The van der Waals surface area contributed by atoms with Crippen molar-refractivity contribution < 1.29 is 18.7 Å². The Labute approximate surface area is 159 Å². The Balaban J connectivity index is 1.56. The van der Waals surface area contributed by atoms with Gasteiger partial charge in [0.2, 0.25) is 0 Å². The Morgan fingerprint density at radius 3 is 2.59 bits per heavy atom. The second kappa shape index (κ2) is 8.55. The molecule has 0 spiro atoms. The van der Waals surface area contributed by atoms with Gasteiger partial charge in [-0.15, -0.1) is 11.3 Å². The van der Waals surface area contributed by atoms with Gasteiger partial charge in [0.1, 0.15) is 5.82 Å². The quantitative estimate of drug-likeness (QED) is 0.643. The van der Waals surface area contributed by atoms with Crippen LogP contribution >= 0.6 is 11.3 Å². The Morgan fingerprint density at radius 2 is 1.89 bits per heavy atom. The summed E-state index contributed by atoms with van der Waals surface area (Å²) in [4.78, 5) is 28.1. The van der Waals surface area contributed by atoms with E-state index in [4.69, 9.17) is 4.74 Å². The van der Waals surface area contributed by atoms with Crippen LogP contribution in [0.15, 0.2) is 53.9 Å². The average molecular weight is 384 g/mol. The second-order valence-electron chi connectivity index (χ2n) is 5.69. The summed E-state index contributed by atoms with van der Waals surface area (Å²) < 4.78 is 18.4. The first-order valence-corrected chi connectivity index (χ1v) is 9.21. The zero-order chi connectivity index (χ0) is 19.2. The molecule has 0 saturated carbocycles. The fourth-order valence-corrected chi connectivity index (χ4v) is 3.10. The summed E-state index contributed by atoms with van der Waals surface area (Å²) in [6.45, 7) is 1.57. The van der Waals surface area contributed by atoms with E-state index in [0.29, 0.717) is 5.13 Å². The molecule has 27 heavy (non-hydrogen) atoms. The molecule has 3 aromatic rings. The van der Waals surface area contributed by atoms with Gasteiger partial charge in [-0.25, -0.2) is 14.2 Å². The minimum absolute atomic E-state index is 0.211. The van der Waals surface area contributed by atoms with Gasteiger partial charge in [-0.2, -0.15) is 0 Å². The SMILES string of the molecule is CCc1ccc(-c2csc(NC(=O)COC(=O)c3ccccc3F)n2)cc1. The summed E-state index contributed by atoms with van der Waals surface area (Å²) in [7, 11) is 0. The van der Waals surface area contributed by atoms with Crippen molar-refractivity contribution >= 4 is 28.3 Å². The minimum atomic E-state index is -0.890. The van der Waals surface area contributed by atoms with Crippen LogP contribution in [0.1, 0.15) is 22.8 Å². The van der Waals surface area contributed by atoms with Crippen LogP contribution in [0.5, 0.6) is 0 Å². The number of nitrogens with one attached hydrogen (secondary N) is 1. The fraction of sp³-hybridized carbons (Fsp3) is 0.150. The first-order chi connectivity index (χ1) is 13.1. The van der Waals surface area contributed by atoms with Gasteiger partial charge in [0.15, 0.2) is 11.7 Å². The monoisotopic (exact) mass is 384 g/mol. The molecule has 0 atom stereocenters. The van der Waals surface area contributed by atoms with Crippen LogP contribution in [0, 0.1) is 5.82 Å². The lowest BCUT2D eigenvalue weighted by Gasteiger charge is -2.05. The number of carbonyl (C=O) groups is 2. The molecular weight excluding hydrogens is 367 g/mol. The Kier molecular flexibility index (Phi) is 5.93. The first kappa shape index (κ1) is 18.7. The maximum absolute atomic E-state index is 13.5. The number of ether oxygens (including phenoxy) is 1. The molecule has 7 heteroatoms. The molecule has 1 amide bonds. The molecule has 3 rings (SSSR count). The van der Waals surface area contributed by atoms with Gasteiger partial charge in [0, 0.05) is 10.9 Å². The van der Waals surface area contributed by atoms with E-state index in [1.165, 1.54) is 35.1 Å². The molecule has 0 aliphatic rings. The third kappa shape index (κ3) is 4.77. The van der Waals surface area contributed by atoms with Gasteiger partial charge in [-0.05, 0) is 24.1 Å². The van der Waals surface area contributed by atoms with Gasteiger partial charge in [-0.1, -0.05) is 43.3 Å². The van der Waals surface area contributed by atoms with Crippen LogP contribution in [0.25, 0.3) is 11.3 Å². The summed E-state index contributed by atoms with van der Waals surface area (Å²) >= 11 is 1.27. The summed E-state index contributed by atoms with van der Waals surface area (Å²) in [5.41, 5.74) is 2.73. The normalized spacial score (nSPS) is 10.4. The van der Waals surface area contributed by atoms with E-state index in [0.717, 1.165) is 23.7 Å². The summed E-state index contributed by atoms with van der Waals surface area (Å²) in [6.07, 6.45) is 0.963. The zero-order valence-corrected chi connectivity index (χ0v) is 15.4. The number of benzene rings is 2. The average Bonchev–Trinajstić information content (AvgIpc) is 3.15. The van der Waals surface area contributed by atoms with Crippen LogP contribution in [0.2, 0.25) is 0 Å². The predicted octanol–water partition coefficient (Wildman–Crippen LogP) is 4.31. The van der Waals surface area contributed by atoms with E-state index < -0.39 is 24.3 Å². The van der Waals surface area contributed by atoms with Crippen molar-refractivity contribution in [3.63, 3.8) is 0 Å². The number of hydrogen-bond acceptors (Lipinski definition) is 5. The topological polar surface area (TPSA) is 68.3 Å². The molecule has 138 valence electrons. The maximum atomic E-state index is 13.5. The van der Waals surface area contributed by atoms with Gasteiger partial charge < -0.3 is 4.74 Å². The molecule has 0 radical (unpaired) electrons. The number of anilines is 1. The summed E-state index contributed by atoms with van der Waals surface area (Å²) in [6, 6.07) is 13.5. The van der Waals surface area contributed by atoms with Gasteiger partial charge in [-0.3, -0.25) is 10.1 Å². The van der Waals surface area contributed by atoms with Crippen molar-refractivity contribution in [2.75, 3.05) is 11.9 Å². The smallest absolute Gasteiger partial charge is 0.341 e. The largest absolute Gasteiger partial charge is 0.452 e. The van der Waals surface area contributed by atoms with Crippen LogP contribution in [-0.4, -0.2) is 23.5 Å². The summed E-state index contributed by atoms with van der Waals surface area (Å²) in [5.74, 6) is -2.12. The van der Waals surface area contributed by atoms with Crippen LogP contribution in [0.3, 0.4) is 0 Å². The van der Waals surface area contributed by atoms with Crippen molar-refractivity contribution in [1.29, 1.82) is 0 Å². The molecule has 1 aromatic heterocycles. The number of nitrogens with zero attached hydrogens (tertiary/aromatic N) is 1. The molecule has 0 fully saturated rings. The van der Waals surface area contributed by atoms with E-state index in [2.05, 4.69) is 17.2 Å². The molecule has 0 bridgehead atoms. The van der Waals surface area contributed by atoms with Gasteiger partial charge >= 0.3 is 5.97 Å². The molecule has 0 aliphatic carbocycles. The van der Waals surface area contributed by atoms with Crippen molar-refractivity contribution in [3.8, 4) is 11.3 Å². The van der Waals surface area contributed by atoms with Crippen LogP contribution < -0.4 is 5.32 Å². The van der Waals surface area contributed by atoms with Crippen molar-refractivity contribution in [3.05, 3.63) is 70.9 Å². The standard InChI is InChI=1S/C20H17FN2O3S/c1-2-13-7-9-14(10-8-13)17-12-27-20(22-17)23-18(24)11-26-19(25)15-5-3-4-6-16(15)21/h3-10,12H,2,11H2,1H3,(H,22,23,24). The van der Waals surface area contributed by atoms with E-state index in [-0.39, 0.29) is 5.56 Å². The molecule has 1 heterocycles. The number of hydrogen-bond donors (Lipinski definition) is 1. The van der Waals surface area contributed by atoms with E-state index >= 15 is 0 Å². The van der Waals surface area contributed by atoms with Gasteiger partial charge in [0.05, 0.1) is 11.3 Å². The van der Waals surface area contributed by atoms with E-state index in [1.54, 1.807) is 0 Å². The molecule has 0 aliphatic heterocycles. The number of esters is 1. The third-order valence-electron chi connectivity index (χ3n) is 3.84. The second-order valence-corrected chi connectivity index (χ2v) is 6.55. The lowest BCUT2D eigenvalue weighted by Crippen LogP contribution is -2.21. The Bertz CT molecular complexity index is 954. The van der Waals surface area contributed by atoms with Crippen LogP contribution in [-0.2, 0) is 16.0 Å². The molecule has 5 nitrogen and oxygen atoms in total. The Morgan fingerprint density at radius 1 is 1.15 bits per heavy atom. The van der Waals surface area contributed by atoms with E-state index in [9.17, 15) is 14.0 Å². The number of carbonyl (C=O) groups excluding carboxylic acids is 2. The predicted molar refractivity (Wildman–Crippen MR) is 102 cm³/mol. The molecule has 2 aromatic carbocycles. The number of aryl methyl sites for hydroxylation is 1. The number of rotatable bonds is 6. The lowest BCUT2D eigenvalue weighted by molar-refractivity contribution is -0.119. The maximum Gasteiger partial charge on any atom is 0.341 e. The fourth-order valence-electron chi connectivity index (χ4n) is 2.37. The van der Waals surface area contributed by atoms with Crippen molar-refractivity contribution in [1.82, 2.24) is 4.98 Å². The third-order valence-corrected chi connectivity index (χ3v) is 4.59. The summed E-state index contributed by atoms with van der Waals surface area (Å²) in [5, 5.41) is 4.81. The minimum Gasteiger partial charge on any atom is -0.452 e. The number of thiazole rings is 1.